The van der Waals surface area contributed by atoms with E-state index < -0.39 is 0 Å². The summed E-state index contributed by atoms with van der Waals surface area (Å²) in [5, 5.41) is 0.724. The van der Waals surface area contributed by atoms with Crippen molar-refractivity contribution in [3.05, 3.63) is 39.7 Å². The SMILES string of the molecule is Cc1c(Cl)ccc2[nH]c(-c3ccoc3Br)nc12. The van der Waals surface area contributed by atoms with Crippen LogP contribution >= 0.6 is 27.5 Å². The second-order valence-corrected chi connectivity index (χ2v) is 4.89. The molecule has 5 heteroatoms. The number of aryl methyl sites for hydroxylation is 1. The molecule has 0 aliphatic carbocycles. The molecule has 0 saturated carbocycles. The molecule has 3 nitrogen and oxygen atoms in total. The molecule has 0 fully saturated rings. The van der Waals surface area contributed by atoms with Crippen molar-refractivity contribution in [2.45, 2.75) is 6.92 Å². The van der Waals surface area contributed by atoms with Gasteiger partial charge in [-0.25, -0.2) is 4.98 Å². The molecule has 0 unspecified atom stereocenters. The summed E-state index contributed by atoms with van der Waals surface area (Å²) in [7, 11) is 0. The number of hydrogen-bond donors (Lipinski definition) is 1. The second-order valence-electron chi connectivity index (χ2n) is 3.76. The highest BCUT2D eigenvalue weighted by molar-refractivity contribution is 9.10. The van der Waals surface area contributed by atoms with Crippen molar-refractivity contribution in [3.8, 4) is 11.4 Å². The summed E-state index contributed by atoms with van der Waals surface area (Å²) in [4.78, 5) is 7.79. The van der Waals surface area contributed by atoms with Crippen LogP contribution in [0.1, 0.15) is 5.56 Å². The minimum absolute atomic E-state index is 0.667. The highest BCUT2D eigenvalue weighted by Crippen LogP contribution is 2.31. The Balaban J connectivity index is 2.27. The van der Waals surface area contributed by atoms with Crippen molar-refractivity contribution < 1.29 is 4.42 Å². The number of imidazole rings is 1. The lowest BCUT2D eigenvalue weighted by molar-refractivity contribution is 0.542. The molecule has 0 amide bonds. The Bertz CT molecular complexity index is 702. The van der Waals surface area contributed by atoms with Gasteiger partial charge in [-0.15, -0.1) is 0 Å². The summed E-state index contributed by atoms with van der Waals surface area (Å²) in [5.74, 6) is 0.769. The third-order valence-electron chi connectivity index (χ3n) is 2.71. The van der Waals surface area contributed by atoms with Gasteiger partial charge in [-0.1, -0.05) is 11.6 Å². The lowest BCUT2D eigenvalue weighted by Gasteiger charge is -1.96. The first-order valence-corrected chi connectivity index (χ1v) is 6.22. The van der Waals surface area contributed by atoms with Crippen LogP contribution in [0.4, 0.5) is 0 Å². The number of H-pyrrole nitrogens is 1. The molecule has 1 aromatic carbocycles. The Labute approximate surface area is 111 Å². The predicted octanol–water partition coefficient (Wildman–Crippen LogP) is 4.55. The van der Waals surface area contributed by atoms with Crippen LogP contribution in [0.5, 0.6) is 0 Å². The van der Waals surface area contributed by atoms with Crippen molar-refractivity contribution in [3.63, 3.8) is 0 Å². The van der Waals surface area contributed by atoms with Crippen LogP contribution < -0.4 is 0 Å². The van der Waals surface area contributed by atoms with Crippen molar-refractivity contribution in [1.82, 2.24) is 9.97 Å². The van der Waals surface area contributed by atoms with E-state index in [2.05, 4.69) is 25.9 Å². The van der Waals surface area contributed by atoms with Crippen LogP contribution in [-0.4, -0.2) is 9.97 Å². The molecule has 2 heterocycles. The quantitative estimate of drug-likeness (QED) is 0.716. The van der Waals surface area contributed by atoms with Crippen LogP contribution in [0, 0.1) is 6.92 Å². The molecule has 86 valence electrons. The highest BCUT2D eigenvalue weighted by atomic mass is 79.9. The van der Waals surface area contributed by atoms with Gasteiger partial charge in [0.1, 0.15) is 5.82 Å². The number of furan rings is 1. The van der Waals surface area contributed by atoms with E-state index in [-0.39, 0.29) is 0 Å². The number of nitrogens with zero attached hydrogens (tertiary/aromatic N) is 1. The van der Waals surface area contributed by atoms with Gasteiger partial charge in [0.15, 0.2) is 4.67 Å². The van der Waals surface area contributed by atoms with Gasteiger partial charge in [-0.2, -0.15) is 0 Å². The molecule has 3 aromatic rings. The Morgan fingerprint density at radius 3 is 2.88 bits per heavy atom. The van der Waals surface area contributed by atoms with Crippen molar-refractivity contribution in [2.24, 2.45) is 0 Å². The normalized spacial score (nSPS) is 11.2. The first-order chi connectivity index (χ1) is 8.16. The number of fused-ring (bicyclic) bond motifs is 1. The molecule has 0 spiro atoms. The van der Waals surface area contributed by atoms with Gasteiger partial charge in [-0.3, -0.25) is 0 Å². The van der Waals surface area contributed by atoms with Crippen molar-refractivity contribution in [2.75, 3.05) is 0 Å². The zero-order valence-electron chi connectivity index (χ0n) is 8.92. The first-order valence-electron chi connectivity index (χ1n) is 5.05. The first kappa shape index (κ1) is 10.9. The van der Waals surface area contributed by atoms with E-state index in [0.717, 1.165) is 33.0 Å². The zero-order chi connectivity index (χ0) is 12.0. The fourth-order valence-electron chi connectivity index (χ4n) is 1.78. The lowest BCUT2D eigenvalue weighted by Crippen LogP contribution is -1.78. The maximum absolute atomic E-state index is 6.07. The van der Waals surface area contributed by atoms with Gasteiger partial charge in [-0.05, 0) is 46.6 Å². The van der Waals surface area contributed by atoms with E-state index in [1.54, 1.807) is 6.26 Å². The summed E-state index contributed by atoms with van der Waals surface area (Å²) in [5.41, 5.74) is 3.73. The molecule has 1 N–H and O–H groups in total. The second kappa shape index (κ2) is 3.89. The summed E-state index contributed by atoms with van der Waals surface area (Å²) < 4.78 is 5.87. The molecule has 3 rings (SSSR count). The average Bonchev–Trinajstić information content (AvgIpc) is 2.89. The third kappa shape index (κ3) is 1.68. The van der Waals surface area contributed by atoms with E-state index >= 15 is 0 Å². The molecule has 2 aromatic heterocycles. The molecular weight excluding hydrogens is 304 g/mol. The minimum Gasteiger partial charge on any atom is -0.457 e. The lowest BCUT2D eigenvalue weighted by atomic mass is 10.2. The van der Waals surface area contributed by atoms with Gasteiger partial charge >= 0.3 is 0 Å². The van der Waals surface area contributed by atoms with Crippen LogP contribution in [0.25, 0.3) is 22.4 Å². The molecule has 0 aliphatic rings. The minimum atomic E-state index is 0.667. The third-order valence-corrected chi connectivity index (χ3v) is 3.74. The molecule has 0 saturated heterocycles. The number of halogens is 2. The number of nitrogens with one attached hydrogen (secondary N) is 1. The average molecular weight is 312 g/mol. The summed E-state index contributed by atoms with van der Waals surface area (Å²) in [6.07, 6.45) is 1.62. The van der Waals surface area contributed by atoms with Crippen molar-refractivity contribution >= 4 is 38.6 Å². The summed E-state index contributed by atoms with van der Waals surface area (Å²) in [6, 6.07) is 5.65. The van der Waals surface area contributed by atoms with Crippen LogP contribution in [0.15, 0.2) is 33.5 Å². The van der Waals surface area contributed by atoms with Gasteiger partial charge in [0.2, 0.25) is 0 Å². The highest BCUT2D eigenvalue weighted by Gasteiger charge is 2.12. The maximum atomic E-state index is 6.07. The topological polar surface area (TPSA) is 41.8 Å². The standard InChI is InChI=1S/C12H8BrClN2O/c1-6-8(14)2-3-9-10(6)16-12(15-9)7-4-5-17-11(7)13/h2-5H,1H3,(H,15,16). The number of aromatic nitrogens is 2. The number of rotatable bonds is 1. The van der Waals surface area contributed by atoms with E-state index in [1.807, 2.05) is 25.1 Å². The molecular formula is C12H8BrClN2O. The van der Waals surface area contributed by atoms with E-state index in [4.69, 9.17) is 16.0 Å². The van der Waals surface area contributed by atoms with Gasteiger partial charge in [0, 0.05) is 5.02 Å². The molecule has 0 bridgehead atoms. The Morgan fingerprint density at radius 2 is 2.18 bits per heavy atom. The molecule has 0 atom stereocenters. The smallest absolute Gasteiger partial charge is 0.179 e. The van der Waals surface area contributed by atoms with E-state index in [1.165, 1.54) is 0 Å². The number of hydrogen-bond acceptors (Lipinski definition) is 2. The van der Waals surface area contributed by atoms with Crippen LogP contribution in [-0.2, 0) is 0 Å². The van der Waals surface area contributed by atoms with Gasteiger partial charge in [0.05, 0.1) is 22.9 Å². The van der Waals surface area contributed by atoms with E-state index in [9.17, 15) is 0 Å². The number of benzene rings is 1. The zero-order valence-corrected chi connectivity index (χ0v) is 11.3. The maximum Gasteiger partial charge on any atom is 0.179 e. The fraction of sp³-hybridized carbons (Fsp3) is 0.0833. The largest absolute Gasteiger partial charge is 0.457 e. The Kier molecular flexibility index (Phi) is 2.49. The predicted molar refractivity (Wildman–Crippen MR) is 71.2 cm³/mol. The fourth-order valence-corrected chi connectivity index (χ4v) is 2.36. The summed E-state index contributed by atoms with van der Waals surface area (Å²) in [6.45, 7) is 1.96. The van der Waals surface area contributed by atoms with Crippen molar-refractivity contribution in [1.29, 1.82) is 0 Å². The molecule has 17 heavy (non-hydrogen) atoms. The van der Waals surface area contributed by atoms with E-state index in [0.29, 0.717) is 4.67 Å². The molecule has 0 aliphatic heterocycles. The summed E-state index contributed by atoms with van der Waals surface area (Å²) >= 11 is 9.41. The monoisotopic (exact) mass is 310 g/mol. The van der Waals surface area contributed by atoms with Gasteiger partial charge in [0.25, 0.3) is 0 Å². The van der Waals surface area contributed by atoms with Gasteiger partial charge < -0.3 is 9.40 Å². The number of aromatic amines is 1. The Hall–Kier alpha value is -1.26. The van der Waals surface area contributed by atoms with Crippen LogP contribution in [0.2, 0.25) is 5.02 Å². The van der Waals surface area contributed by atoms with Crippen LogP contribution in [0.3, 0.4) is 0 Å². The molecule has 0 radical (unpaired) electrons. The Morgan fingerprint density at radius 1 is 1.35 bits per heavy atom.